The molecule has 0 N–H and O–H groups in total. The van der Waals surface area contributed by atoms with Gasteiger partial charge in [-0.2, -0.15) is 0 Å². The van der Waals surface area contributed by atoms with Crippen molar-refractivity contribution in [2.75, 3.05) is 6.61 Å². The molecule has 0 spiro atoms. The molecule has 1 heterocycles. The van der Waals surface area contributed by atoms with Crippen molar-refractivity contribution in [3.05, 3.63) is 148 Å². The van der Waals surface area contributed by atoms with Crippen molar-refractivity contribution in [2.45, 2.75) is 38.1 Å². The molecule has 0 saturated carbocycles. The monoisotopic (exact) mass is 570 g/mol. The fraction of sp³-hybridized carbons (Fsp3) is 0.212. The molecule has 4 aromatic rings. The Labute approximate surface area is 233 Å². The summed E-state index contributed by atoms with van der Waals surface area (Å²) in [7, 11) is 0. The standard InChI is InChI=1S/C33H31BrO4/c34-29-18-16-28(17-19-29)30-20-31(36-22-26-12-6-2-7-13-26)33(37-23-27-14-8-3-9-15-27)32(38-30)24-35-21-25-10-4-1-5-11-25/h1-20,31-33H,21-24H2/t31-,32-,33+/m1/s1. The summed E-state index contributed by atoms with van der Waals surface area (Å²) >= 11 is 3.53. The van der Waals surface area contributed by atoms with Gasteiger partial charge in [-0.05, 0) is 34.9 Å². The summed E-state index contributed by atoms with van der Waals surface area (Å²) in [5, 5.41) is 0. The van der Waals surface area contributed by atoms with E-state index in [1.165, 1.54) is 0 Å². The van der Waals surface area contributed by atoms with Crippen molar-refractivity contribution in [1.29, 1.82) is 0 Å². The minimum absolute atomic E-state index is 0.323. The zero-order valence-corrected chi connectivity index (χ0v) is 22.7. The van der Waals surface area contributed by atoms with Gasteiger partial charge in [0.2, 0.25) is 0 Å². The second-order valence-corrected chi connectivity index (χ2v) is 10.1. The van der Waals surface area contributed by atoms with Crippen LogP contribution in [0.1, 0.15) is 22.3 Å². The summed E-state index contributed by atoms with van der Waals surface area (Å²) < 4.78 is 26.7. The van der Waals surface area contributed by atoms with Crippen LogP contribution in [0, 0.1) is 0 Å². The lowest BCUT2D eigenvalue weighted by Crippen LogP contribution is -2.46. The van der Waals surface area contributed by atoms with Gasteiger partial charge in [-0.1, -0.05) is 119 Å². The Morgan fingerprint density at radius 2 is 1.13 bits per heavy atom. The van der Waals surface area contributed by atoms with Gasteiger partial charge in [0, 0.05) is 10.0 Å². The number of ether oxygens (including phenoxy) is 4. The Bertz CT molecular complexity index is 1280. The maximum Gasteiger partial charge on any atom is 0.151 e. The molecular weight excluding hydrogens is 540 g/mol. The minimum Gasteiger partial charge on any atom is -0.485 e. The Morgan fingerprint density at radius 3 is 1.71 bits per heavy atom. The maximum atomic E-state index is 6.55. The van der Waals surface area contributed by atoms with Crippen LogP contribution in [0.25, 0.3) is 5.76 Å². The van der Waals surface area contributed by atoms with E-state index in [9.17, 15) is 0 Å². The van der Waals surface area contributed by atoms with E-state index < -0.39 is 0 Å². The average molecular weight is 572 g/mol. The molecule has 4 aromatic carbocycles. The third kappa shape index (κ3) is 7.42. The SMILES string of the molecule is Brc1ccc(C2=C[C@@H](OCc3ccccc3)[C@H](OCc3ccccc3)[C@@H](COCc3ccccc3)O2)cc1. The van der Waals surface area contributed by atoms with Gasteiger partial charge in [0.15, 0.2) is 6.10 Å². The van der Waals surface area contributed by atoms with Crippen LogP contribution >= 0.6 is 15.9 Å². The molecule has 0 aliphatic carbocycles. The maximum absolute atomic E-state index is 6.55. The Hall–Kier alpha value is -3.22. The molecule has 0 fully saturated rings. The number of hydrogen-bond acceptors (Lipinski definition) is 4. The first-order valence-corrected chi connectivity index (χ1v) is 13.6. The molecule has 1 aliphatic heterocycles. The molecule has 0 unspecified atom stereocenters. The predicted molar refractivity (Wildman–Crippen MR) is 153 cm³/mol. The Kier molecular flexibility index (Phi) is 9.40. The van der Waals surface area contributed by atoms with Gasteiger partial charge >= 0.3 is 0 Å². The first kappa shape index (κ1) is 26.4. The van der Waals surface area contributed by atoms with Gasteiger partial charge in [-0.15, -0.1) is 0 Å². The minimum atomic E-state index is -0.355. The van der Waals surface area contributed by atoms with Gasteiger partial charge in [0.05, 0.1) is 26.4 Å². The first-order valence-electron chi connectivity index (χ1n) is 12.8. The van der Waals surface area contributed by atoms with Crippen molar-refractivity contribution in [3.63, 3.8) is 0 Å². The molecule has 1 aliphatic rings. The molecule has 0 aromatic heterocycles. The molecule has 4 nitrogen and oxygen atoms in total. The fourth-order valence-corrected chi connectivity index (χ4v) is 4.64. The van der Waals surface area contributed by atoms with E-state index in [4.69, 9.17) is 18.9 Å². The zero-order valence-electron chi connectivity index (χ0n) is 21.1. The topological polar surface area (TPSA) is 36.9 Å². The number of hydrogen-bond donors (Lipinski definition) is 0. The van der Waals surface area contributed by atoms with Crippen LogP contribution in [0.5, 0.6) is 0 Å². The summed E-state index contributed by atoms with van der Waals surface area (Å²) in [6, 6.07) is 38.6. The largest absolute Gasteiger partial charge is 0.485 e. The normalized spacial score (nSPS) is 19.0. The molecule has 3 atom stereocenters. The molecule has 0 bridgehead atoms. The average Bonchev–Trinajstić information content (AvgIpc) is 2.97. The Balaban J connectivity index is 1.39. The van der Waals surface area contributed by atoms with Crippen molar-refractivity contribution in [2.24, 2.45) is 0 Å². The lowest BCUT2D eigenvalue weighted by molar-refractivity contribution is -0.141. The van der Waals surface area contributed by atoms with E-state index in [0.29, 0.717) is 26.4 Å². The highest BCUT2D eigenvalue weighted by Gasteiger charge is 2.37. The van der Waals surface area contributed by atoms with Crippen LogP contribution in [0.2, 0.25) is 0 Å². The summed E-state index contributed by atoms with van der Waals surface area (Å²) in [6.07, 6.45) is 1.01. The third-order valence-electron chi connectivity index (χ3n) is 6.38. The van der Waals surface area contributed by atoms with Crippen molar-refractivity contribution in [1.82, 2.24) is 0 Å². The van der Waals surface area contributed by atoms with E-state index in [1.807, 2.05) is 84.9 Å². The molecule has 38 heavy (non-hydrogen) atoms. The Morgan fingerprint density at radius 1 is 0.605 bits per heavy atom. The molecule has 5 heteroatoms. The van der Waals surface area contributed by atoms with Gasteiger partial charge in [-0.3, -0.25) is 0 Å². The highest BCUT2D eigenvalue weighted by atomic mass is 79.9. The van der Waals surface area contributed by atoms with Crippen LogP contribution < -0.4 is 0 Å². The second-order valence-electron chi connectivity index (χ2n) is 9.22. The number of rotatable bonds is 11. The van der Waals surface area contributed by atoms with Crippen molar-refractivity contribution < 1.29 is 18.9 Å². The van der Waals surface area contributed by atoms with Gasteiger partial charge < -0.3 is 18.9 Å². The van der Waals surface area contributed by atoms with E-state index in [-0.39, 0.29) is 18.3 Å². The van der Waals surface area contributed by atoms with Crippen molar-refractivity contribution in [3.8, 4) is 0 Å². The summed E-state index contributed by atoms with van der Waals surface area (Å²) in [5.41, 5.74) is 4.30. The smallest absolute Gasteiger partial charge is 0.151 e. The lowest BCUT2D eigenvalue weighted by Gasteiger charge is -2.37. The summed E-state index contributed by atoms with van der Waals surface area (Å²) in [5.74, 6) is 0.767. The summed E-state index contributed by atoms with van der Waals surface area (Å²) in [6.45, 7) is 1.79. The molecule has 0 saturated heterocycles. The second kappa shape index (κ2) is 13.5. The summed E-state index contributed by atoms with van der Waals surface area (Å²) in [4.78, 5) is 0. The van der Waals surface area contributed by atoms with E-state index in [0.717, 1.165) is 32.5 Å². The van der Waals surface area contributed by atoms with E-state index >= 15 is 0 Å². The van der Waals surface area contributed by atoms with Crippen LogP contribution in [0.15, 0.2) is 126 Å². The lowest BCUT2D eigenvalue weighted by atomic mass is 10.0. The van der Waals surface area contributed by atoms with E-state index in [2.05, 4.69) is 52.3 Å². The molecule has 0 radical (unpaired) electrons. The highest BCUT2D eigenvalue weighted by Crippen LogP contribution is 2.31. The first-order chi connectivity index (χ1) is 18.7. The molecule has 194 valence electrons. The van der Waals surface area contributed by atoms with Gasteiger partial charge in [0.25, 0.3) is 0 Å². The van der Waals surface area contributed by atoms with Gasteiger partial charge in [-0.25, -0.2) is 0 Å². The quantitative estimate of drug-likeness (QED) is 0.186. The van der Waals surface area contributed by atoms with Crippen LogP contribution in [-0.4, -0.2) is 24.9 Å². The fourth-order valence-electron chi connectivity index (χ4n) is 4.38. The number of benzene rings is 4. The van der Waals surface area contributed by atoms with Gasteiger partial charge in [0.1, 0.15) is 18.0 Å². The van der Waals surface area contributed by atoms with Crippen LogP contribution in [-0.2, 0) is 38.8 Å². The molecular formula is C33H31BrO4. The van der Waals surface area contributed by atoms with Crippen LogP contribution in [0.3, 0.4) is 0 Å². The predicted octanol–water partition coefficient (Wildman–Crippen LogP) is 7.58. The number of halogens is 1. The third-order valence-corrected chi connectivity index (χ3v) is 6.91. The molecule has 0 amide bonds. The van der Waals surface area contributed by atoms with Crippen LogP contribution in [0.4, 0.5) is 0 Å². The molecule has 5 rings (SSSR count). The van der Waals surface area contributed by atoms with Crippen molar-refractivity contribution >= 4 is 21.7 Å². The highest BCUT2D eigenvalue weighted by molar-refractivity contribution is 9.10. The zero-order chi connectivity index (χ0) is 26.0. The van der Waals surface area contributed by atoms with E-state index in [1.54, 1.807) is 0 Å².